The van der Waals surface area contributed by atoms with E-state index >= 15 is 0 Å². The Morgan fingerprint density at radius 1 is 1.17 bits per heavy atom. The van der Waals surface area contributed by atoms with Crippen LogP contribution in [0.15, 0.2) is 36.4 Å². The van der Waals surface area contributed by atoms with Crippen LogP contribution in [0, 0.1) is 5.92 Å². The number of anilines is 1. The summed E-state index contributed by atoms with van der Waals surface area (Å²) >= 11 is 0. The summed E-state index contributed by atoms with van der Waals surface area (Å²) in [5, 5.41) is 6.14. The molecule has 1 heterocycles. The number of amides is 1. The van der Waals surface area contributed by atoms with Gasteiger partial charge in [0.25, 0.3) is 5.91 Å². The molecule has 2 rings (SSSR count). The van der Waals surface area contributed by atoms with Crippen LogP contribution in [0.5, 0.6) is 0 Å². The Balaban J connectivity index is 2.31. The fourth-order valence-electron chi connectivity index (χ4n) is 2.01. The lowest BCUT2D eigenvalue weighted by atomic mass is 10.2. The molecule has 0 aliphatic carbocycles. The van der Waals surface area contributed by atoms with Crippen LogP contribution in [0.4, 0.5) is 5.82 Å². The van der Waals surface area contributed by atoms with E-state index in [4.69, 9.17) is 0 Å². The van der Waals surface area contributed by atoms with Gasteiger partial charge in [0.15, 0.2) is 5.82 Å². The van der Waals surface area contributed by atoms with Gasteiger partial charge in [0.05, 0.1) is 0 Å². The largest absolute Gasteiger partial charge is 0.370 e. The topological polar surface area (TPSA) is 66.9 Å². The van der Waals surface area contributed by atoms with Gasteiger partial charge in [0.1, 0.15) is 11.5 Å². The van der Waals surface area contributed by atoms with Crippen molar-refractivity contribution in [3.05, 3.63) is 42.1 Å². The molecule has 5 heteroatoms. The van der Waals surface area contributed by atoms with Crippen LogP contribution in [-0.2, 0) is 0 Å². The summed E-state index contributed by atoms with van der Waals surface area (Å²) in [6, 6.07) is 11.4. The zero-order chi connectivity index (χ0) is 16.7. The average molecular weight is 312 g/mol. The average Bonchev–Trinajstić information content (AvgIpc) is 2.58. The maximum atomic E-state index is 12.3. The van der Waals surface area contributed by atoms with Crippen molar-refractivity contribution < 1.29 is 4.79 Å². The molecule has 5 nitrogen and oxygen atoms in total. The van der Waals surface area contributed by atoms with Crippen molar-refractivity contribution in [2.75, 3.05) is 18.4 Å². The molecule has 0 unspecified atom stereocenters. The van der Waals surface area contributed by atoms with Crippen LogP contribution >= 0.6 is 0 Å². The minimum absolute atomic E-state index is 0.169. The van der Waals surface area contributed by atoms with E-state index in [-0.39, 0.29) is 5.91 Å². The third-order valence-corrected chi connectivity index (χ3v) is 3.22. The number of hydrogen-bond donors (Lipinski definition) is 2. The normalized spacial score (nSPS) is 10.6. The predicted molar refractivity (Wildman–Crippen MR) is 93.4 cm³/mol. The molecule has 0 fully saturated rings. The van der Waals surface area contributed by atoms with Gasteiger partial charge in [-0.3, -0.25) is 4.79 Å². The lowest BCUT2D eigenvalue weighted by Gasteiger charge is -2.11. The molecule has 2 aromatic rings. The Morgan fingerprint density at radius 2 is 1.91 bits per heavy atom. The number of hydrogen-bond acceptors (Lipinski definition) is 4. The number of nitrogens with zero attached hydrogens (tertiary/aromatic N) is 2. The Morgan fingerprint density at radius 3 is 2.57 bits per heavy atom. The molecular weight excluding hydrogens is 288 g/mol. The standard InChI is InChI=1S/C18H24N4O/c1-4-10-19-16-11-15(18(23)20-12-13(2)3)21-17(22-16)14-8-6-5-7-9-14/h5-9,11,13H,4,10,12H2,1-3H3,(H,20,23)(H,19,21,22). The van der Waals surface area contributed by atoms with E-state index in [1.807, 2.05) is 30.3 Å². The second-order valence-corrected chi connectivity index (χ2v) is 5.86. The second kappa shape index (κ2) is 8.27. The highest BCUT2D eigenvalue weighted by Crippen LogP contribution is 2.18. The van der Waals surface area contributed by atoms with Crippen LogP contribution in [0.25, 0.3) is 11.4 Å². The van der Waals surface area contributed by atoms with Gasteiger partial charge in [-0.1, -0.05) is 51.1 Å². The predicted octanol–water partition coefficient (Wildman–Crippen LogP) is 3.35. The summed E-state index contributed by atoms with van der Waals surface area (Å²) in [5.74, 6) is 1.46. The van der Waals surface area contributed by atoms with Gasteiger partial charge in [-0.05, 0) is 12.3 Å². The van der Waals surface area contributed by atoms with Crippen molar-refractivity contribution in [1.82, 2.24) is 15.3 Å². The Bertz CT molecular complexity index is 641. The molecule has 1 amide bonds. The van der Waals surface area contributed by atoms with Gasteiger partial charge < -0.3 is 10.6 Å². The molecule has 0 aliphatic rings. The zero-order valence-electron chi connectivity index (χ0n) is 14.0. The van der Waals surface area contributed by atoms with Crippen LogP contribution in [-0.4, -0.2) is 29.0 Å². The number of carbonyl (C=O) groups is 1. The molecule has 0 atom stereocenters. The number of aromatic nitrogens is 2. The zero-order valence-corrected chi connectivity index (χ0v) is 14.0. The van der Waals surface area contributed by atoms with Gasteiger partial charge in [0.2, 0.25) is 0 Å². The van der Waals surface area contributed by atoms with Crippen molar-refractivity contribution in [1.29, 1.82) is 0 Å². The number of rotatable bonds is 7. The van der Waals surface area contributed by atoms with Crippen LogP contribution in [0.1, 0.15) is 37.7 Å². The number of benzene rings is 1. The van der Waals surface area contributed by atoms with E-state index in [9.17, 15) is 4.79 Å². The van der Waals surface area contributed by atoms with Gasteiger partial charge in [-0.15, -0.1) is 0 Å². The first-order valence-electron chi connectivity index (χ1n) is 8.06. The lowest BCUT2D eigenvalue weighted by molar-refractivity contribution is 0.0944. The molecule has 0 radical (unpaired) electrons. The van der Waals surface area contributed by atoms with E-state index in [2.05, 4.69) is 41.4 Å². The first-order valence-corrected chi connectivity index (χ1v) is 8.06. The van der Waals surface area contributed by atoms with Crippen molar-refractivity contribution >= 4 is 11.7 Å². The third kappa shape index (κ3) is 5.06. The summed E-state index contributed by atoms with van der Waals surface area (Å²) in [6.45, 7) is 7.63. The highest BCUT2D eigenvalue weighted by Gasteiger charge is 2.13. The van der Waals surface area contributed by atoms with Crippen molar-refractivity contribution in [2.45, 2.75) is 27.2 Å². The number of nitrogens with one attached hydrogen (secondary N) is 2. The lowest BCUT2D eigenvalue weighted by Crippen LogP contribution is -2.28. The highest BCUT2D eigenvalue weighted by molar-refractivity contribution is 5.93. The molecule has 23 heavy (non-hydrogen) atoms. The Hall–Kier alpha value is -2.43. The Kier molecular flexibility index (Phi) is 6.09. The van der Waals surface area contributed by atoms with Crippen molar-refractivity contribution in [2.24, 2.45) is 5.92 Å². The molecule has 0 bridgehead atoms. The third-order valence-electron chi connectivity index (χ3n) is 3.22. The summed E-state index contributed by atoms with van der Waals surface area (Å²) < 4.78 is 0. The Labute approximate surface area is 137 Å². The minimum atomic E-state index is -0.169. The van der Waals surface area contributed by atoms with E-state index in [1.165, 1.54) is 0 Å². The van der Waals surface area contributed by atoms with Gasteiger partial charge in [-0.2, -0.15) is 0 Å². The first kappa shape index (κ1) is 16.9. The molecular formula is C18H24N4O. The van der Waals surface area contributed by atoms with Crippen molar-refractivity contribution in [3.63, 3.8) is 0 Å². The summed E-state index contributed by atoms with van der Waals surface area (Å²) in [6.07, 6.45) is 0.986. The molecule has 122 valence electrons. The molecule has 0 saturated heterocycles. The summed E-state index contributed by atoms with van der Waals surface area (Å²) in [5.41, 5.74) is 1.28. The van der Waals surface area contributed by atoms with E-state index < -0.39 is 0 Å². The first-order chi connectivity index (χ1) is 11.1. The SMILES string of the molecule is CCCNc1cc(C(=O)NCC(C)C)nc(-c2ccccc2)n1. The fourth-order valence-corrected chi connectivity index (χ4v) is 2.01. The summed E-state index contributed by atoms with van der Waals surface area (Å²) in [4.78, 5) is 21.3. The molecule has 1 aromatic heterocycles. The molecule has 2 N–H and O–H groups in total. The maximum absolute atomic E-state index is 12.3. The highest BCUT2D eigenvalue weighted by atomic mass is 16.1. The molecule has 1 aromatic carbocycles. The van der Waals surface area contributed by atoms with E-state index in [0.29, 0.717) is 29.8 Å². The molecule has 0 spiro atoms. The minimum Gasteiger partial charge on any atom is -0.370 e. The van der Waals surface area contributed by atoms with E-state index in [0.717, 1.165) is 18.5 Å². The fraction of sp³-hybridized carbons (Fsp3) is 0.389. The van der Waals surface area contributed by atoms with Gasteiger partial charge >= 0.3 is 0 Å². The van der Waals surface area contributed by atoms with E-state index in [1.54, 1.807) is 6.07 Å². The van der Waals surface area contributed by atoms with Gasteiger partial charge in [0, 0.05) is 24.7 Å². The quantitative estimate of drug-likeness (QED) is 0.823. The summed E-state index contributed by atoms with van der Waals surface area (Å²) in [7, 11) is 0. The van der Waals surface area contributed by atoms with Gasteiger partial charge in [-0.25, -0.2) is 9.97 Å². The maximum Gasteiger partial charge on any atom is 0.270 e. The molecule has 0 aliphatic heterocycles. The smallest absolute Gasteiger partial charge is 0.270 e. The molecule has 0 saturated carbocycles. The van der Waals surface area contributed by atoms with Crippen molar-refractivity contribution in [3.8, 4) is 11.4 Å². The monoisotopic (exact) mass is 312 g/mol. The van der Waals surface area contributed by atoms with Crippen LogP contribution in [0.3, 0.4) is 0 Å². The van der Waals surface area contributed by atoms with Crippen LogP contribution < -0.4 is 10.6 Å². The second-order valence-electron chi connectivity index (χ2n) is 5.86. The van der Waals surface area contributed by atoms with Crippen LogP contribution in [0.2, 0.25) is 0 Å². The number of carbonyl (C=O) groups excluding carboxylic acids is 1.